The van der Waals surface area contributed by atoms with Gasteiger partial charge >= 0.3 is 0 Å². The highest BCUT2D eigenvalue weighted by Gasteiger charge is 2.44. The molecule has 0 heterocycles. The fourth-order valence-electron chi connectivity index (χ4n) is 16.8. The lowest BCUT2D eigenvalue weighted by Gasteiger charge is -2.54. The van der Waals surface area contributed by atoms with Gasteiger partial charge in [0.25, 0.3) is 0 Å². The molecule has 0 unspecified atom stereocenters. The monoisotopic (exact) mass is 801 g/mol. The highest BCUT2D eigenvalue weighted by atomic mass is 15.3. The maximum absolute atomic E-state index is 3.32. The smallest absolute Gasteiger partial charge is 0.0102 e. The molecular formula is C54H96N4. The van der Waals surface area contributed by atoms with Gasteiger partial charge in [0.05, 0.1) is 0 Å². The second-order valence-corrected chi connectivity index (χ2v) is 22.9. The van der Waals surface area contributed by atoms with Crippen LogP contribution >= 0.6 is 0 Å². The van der Waals surface area contributed by atoms with E-state index in [-0.39, 0.29) is 0 Å². The maximum Gasteiger partial charge on any atom is 0.0102 e. The van der Waals surface area contributed by atoms with Crippen molar-refractivity contribution >= 4 is 0 Å². The standard InChI is InChI=1S/C54H96N4/c1-7-19-43(20-8-1)55(44-21-9-2-10-22-44)49-31-35-51(36-32-49)57(47-27-15-5-16-28-47)53-39-41-54(42-40-53)58(48-29-17-6-18-30-48)52-37-33-50(34-38-52)56(45-23-11-3-12-24-45)46-25-13-4-14-26-46/h43-54H,1-42H2. The van der Waals surface area contributed by atoms with E-state index in [1.807, 2.05) is 0 Å². The largest absolute Gasteiger partial charge is 0.294 e. The summed E-state index contributed by atoms with van der Waals surface area (Å²) in [5.74, 6) is 0. The average Bonchev–Trinajstić information content (AvgIpc) is 3.30. The molecule has 0 aliphatic heterocycles. The summed E-state index contributed by atoms with van der Waals surface area (Å²) < 4.78 is 0. The lowest BCUT2D eigenvalue weighted by atomic mass is 9.78. The fraction of sp³-hybridized carbons (Fsp3) is 1.00. The minimum absolute atomic E-state index is 0.872. The molecule has 9 saturated carbocycles. The van der Waals surface area contributed by atoms with Crippen LogP contribution in [-0.2, 0) is 0 Å². The first-order valence-corrected chi connectivity index (χ1v) is 27.9. The molecule has 0 amide bonds. The molecular weight excluding hydrogens is 705 g/mol. The average molecular weight is 801 g/mol. The van der Waals surface area contributed by atoms with Crippen LogP contribution < -0.4 is 0 Å². The summed E-state index contributed by atoms with van der Waals surface area (Å²) >= 11 is 0. The molecule has 4 heteroatoms. The molecule has 4 nitrogen and oxygen atoms in total. The third-order valence-corrected chi connectivity index (χ3v) is 19.5. The molecule has 0 aromatic rings. The molecule has 332 valence electrons. The summed E-state index contributed by atoms with van der Waals surface area (Å²) in [5, 5.41) is 0. The molecule has 0 saturated heterocycles. The van der Waals surface area contributed by atoms with E-state index in [2.05, 4.69) is 19.6 Å². The van der Waals surface area contributed by atoms with Gasteiger partial charge in [-0.3, -0.25) is 19.6 Å². The minimum Gasteiger partial charge on any atom is -0.294 e. The molecule has 0 N–H and O–H groups in total. The van der Waals surface area contributed by atoms with E-state index in [1.54, 1.807) is 0 Å². The van der Waals surface area contributed by atoms with E-state index >= 15 is 0 Å². The van der Waals surface area contributed by atoms with Crippen molar-refractivity contribution in [2.75, 3.05) is 0 Å². The van der Waals surface area contributed by atoms with Crippen LogP contribution in [0.1, 0.15) is 270 Å². The Balaban J connectivity index is 0.848. The van der Waals surface area contributed by atoms with Crippen LogP contribution in [-0.4, -0.2) is 92.1 Å². The van der Waals surface area contributed by atoms with Crippen LogP contribution in [0.3, 0.4) is 0 Å². The highest BCUT2D eigenvalue weighted by Crippen LogP contribution is 2.44. The molecule has 0 bridgehead atoms. The maximum atomic E-state index is 3.32. The van der Waals surface area contributed by atoms with Crippen molar-refractivity contribution < 1.29 is 0 Å². The molecule has 58 heavy (non-hydrogen) atoms. The van der Waals surface area contributed by atoms with E-state index in [4.69, 9.17) is 0 Å². The number of hydrogen-bond donors (Lipinski definition) is 0. The third-order valence-electron chi connectivity index (χ3n) is 19.5. The van der Waals surface area contributed by atoms with E-state index in [1.165, 1.54) is 270 Å². The predicted molar refractivity (Wildman–Crippen MR) is 247 cm³/mol. The normalized spacial score (nSPS) is 36.0. The van der Waals surface area contributed by atoms with E-state index in [0.29, 0.717) is 0 Å². The summed E-state index contributed by atoms with van der Waals surface area (Å²) in [7, 11) is 0. The van der Waals surface area contributed by atoms with Gasteiger partial charge in [0.1, 0.15) is 0 Å². The molecule has 0 radical (unpaired) electrons. The Morgan fingerprint density at radius 2 is 0.224 bits per heavy atom. The van der Waals surface area contributed by atoms with Gasteiger partial charge in [0, 0.05) is 72.5 Å². The Kier molecular flexibility index (Phi) is 16.3. The van der Waals surface area contributed by atoms with E-state index in [9.17, 15) is 0 Å². The van der Waals surface area contributed by atoms with Gasteiger partial charge in [-0.25, -0.2) is 0 Å². The number of hydrogen-bond acceptors (Lipinski definition) is 4. The lowest BCUT2D eigenvalue weighted by Crippen LogP contribution is -2.58. The molecule has 0 aromatic carbocycles. The summed E-state index contributed by atoms with van der Waals surface area (Å²) in [4.78, 5) is 13.1. The minimum atomic E-state index is 0.872. The second-order valence-electron chi connectivity index (χ2n) is 22.9. The van der Waals surface area contributed by atoms with Crippen LogP contribution in [0.25, 0.3) is 0 Å². The summed E-state index contributed by atoms with van der Waals surface area (Å²) in [6.45, 7) is 0. The zero-order valence-electron chi connectivity index (χ0n) is 38.4. The third kappa shape index (κ3) is 10.6. The molecule has 9 rings (SSSR count). The quantitative estimate of drug-likeness (QED) is 0.195. The van der Waals surface area contributed by atoms with Gasteiger partial charge in [-0.05, 0) is 154 Å². The van der Waals surface area contributed by atoms with Gasteiger partial charge in [-0.1, -0.05) is 116 Å². The van der Waals surface area contributed by atoms with Crippen molar-refractivity contribution in [1.29, 1.82) is 0 Å². The van der Waals surface area contributed by atoms with E-state index < -0.39 is 0 Å². The fourth-order valence-corrected chi connectivity index (χ4v) is 16.8. The van der Waals surface area contributed by atoms with Crippen molar-refractivity contribution in [2.45, 2.75) is 342 Å². The molecule has 0 aromatic heterocycles. The molecule has 9 fully saturated rings. The van der Waals surface area contributed by atoms with Gasteiger partial charge in [0.2, 0.25) is 0 Å². The second kappa shape index (κ2) is 22.0. The van der Waals surface area contributed by atoms with Crippen molar-refractivity contribution in [1.82, 2.24) is 19.6 Å². The molecule has 0 atom stereocenters. The summed E-state index contributed by atoms with van der Waals surface area (Å²) in [6, 6.07) is 10.7. The highest BCUT2D eigenvalue weighted by molar-refractivity contribution is 5.00. The zero-order valence-corrected chi connectivity index (χ0v) is 38.4. The summed E-state index contributed by atoms with van der Waals surface area (Å²) in [5.41, 5.74) is 0. The number of rotatable bonds is 12. The predicted octanol–water partition coefficient (Wildman–Crippen LogP) is 14.1. The Labute approximate surface area is 360 Å². The van der Waals surface area contributed by atoms with Gasteiger partial charge in [-0.15, -0.1) is 0 Å². The Morgan fingerprint density at radius 1 is 0.121 bits per heavy atom. The lowest BCUT2D eigenvalue weighted by molar-refractivity contribution is -0.0399. The first-order chi connectivity index (χ1) is 28.8. The van der Waals surface area contributed by atoms with Gasteiger partial charge in [0.15, 0.2) is 0 Å². The zero-order chi connectivity index (χ0) is 38.9. The first-order valence-electron chi connectivity index (χ1n) is 27.9. The van der Waals surface area contributed by atoms with Crippen LogP contribution in [0.15, 0.2) is 0 Å². The molecule has 9 aliphatic carbocycles. The van der Waals surface area contributed by atoms with Crippen molar-refractivity contribution in [2.24, 2.45) is 0 Å². The molecule has 9 aliphatic rings. The SMILES string of the molecule is C1CCC(N(C2CCCCC2)C2CCC(N(C3CCCCC3)C3CCC(N(C4CCCCC4)C4CCC(N(C5CCCCC5)C5CCCCC5)CC4)CC3)CC2)CC1. The summed E-state index contributed by atoms with van der Waals surface area (Å²) in [6.07, 6.45) is 63.2. The van der Waals surface area contributed by atoms with E-state index in [0.717, 1.165) is 72.5 Å². The van der Waals surface area contributed by atoms with Crippen LogP contribution in [0.5, 0.6) is 0 Å². The van der Waals surface area contributed by atoms with Gasteiger partial charge in [-0.2, -0.15) is 0 Å². The Hall–Kier alpha value is -0.160. The van der Waals surface area contributed by atoms with Crippen LogP contribution in [0.4, 0.5) is 0 Å². The van der Waals surface area contributed by atoms with Crippen molar-refractivity contribution in [3.05, 3.63) is 0 Å². The molecule has 0 spiro atoms. The number of nitrogens with zero attached hydrogens (tertiary/aromatic N) is 4. The Morgan fingerprint density at radius 3 is 0.345 bits per heavy atom. The van der Waals surface area contributed by atoms with Crippen LogP contribution in [0.2, 0.25) is 0 Å². The van der Waals surface area contributed by atoms with Crippen molar-refractivity contribution in [3.63, 3.8) is 0 Å². The van der Waals surface area contributed by atoms with Gasteiger partial charge < -0.3 is 0 Å². The Bertz CT molecular complexity index is 1000. The first kappa shape index (κ1) is 43.1. The van der Waals surface area contributed by atoms with Crippen LogP contribution in [0, 0.1) is 0 Å². The van der Waals surface area contributed by atoms with Crippen molar-refractivity contribution in [3.8, 4) is 0 Å². The topological polar surface area (TPSA) is 13.0 Å².